The molecular formula is C32H50N5O5W-. The number of aromatic amines is 1. The van der Waals surface area contributed by atoms with Crippen LogP contribution in [0.25, 0.3) is 16.2 Å². The summed E-state index contributed by atoms with van der Waals surface area (Å²) in [7, 11) is 4.79. The van der Waals surface area contributed by atoms with Gasteiger partial charge in [-0.2, -0.15) is 14.1 Å². The van der Waals surface area contributed by atoms with Gasteiger partial charge in [0.2, 0.25) is 11.8 Å². The molecule has 2 amide bonds. The van der Waals surface area contributed by atoms with E-state index < -0.39 is 12.0 Å². The van der Waals surface area contributed by atoms with Crippen molar-refractivity contribution in [3.8, 4) is 0 Å². The van der Waals surface area contributed by atoms with Gasteiger partial charge in [-0.1, -0.05) is 57.2 Å². The molecule has 3 fully saturated rings. The van der Waals surface area contributed by atoms with Crippen molar-refractivity contribution in [1.82, 2.24) is 15.2 Å². The summed E-state index contributed by atoms with van der Waals surface area (Å²) in [6, 6.07) is 8.88. The minimum Gasteiger partial charge on any atom is -0.668 e. The summed E-state index contributed by atoms with van der Waals surface area (Å²) in [5.74, 6) is 0.302. The number of piperidine rings is 1. The molecule has 5 rings (SSSR count). The van der Waals surface area contributed by atoms with Gasteiger partial charge in [-0.15, -0.1) is 0 Å². The summed E-state index contributed by atoms with van der Waals surface area (Å²) in [6.45, 7) is 5.24. The average Bonchev–Trinajstić information content (AvgIpc) is 3.54. The predicted molar refractivity (Wildman–Crippen MR) is 166 cm³/mol. The quantitative estimate of drug-likeness (QED) is 0.307. The number of carbonyl (C=O) groups is 4. The smallest absolute Gasteiger partial charge is 0.322 e. The zero-order chi connectivity index (χ0) is 31.1. The maximum absolute atomic E-state index is 12.1. The molecule has 2 unspecified atom stereocenters. The number of carbonyl (C=O) groups excluding carboxylic acids is 4. The molecule has 3 heterocycles. The molecule has 0 radical (unpaired) electrons. The number of ether oxygens (including phenoxy) is 1. The Hall–Kier alpha value is -2.55. The molecule has 43 heavy (non-hydrogen) atoms. The van der Waals surface area contributed by atoms with Crippen LogP contribution in [0.4, 0.5) is 0 Å². The molecule has 0 bridgehead atoms. The minimum atomic E-state index is -0.766. The van der Waals surface area contributed by atoms with Crippen molar-refractivity contribution in [2.24, 2.45) is 17.6 Å². The van der Waals surface area contributed by atoms with E-state index in [1.165, 1.54) is 39.2 Å². The summed E-state index contributed by atoms with van der Waals surface area (Å²) >= 11 is 0. The van der Waals surface area contributed by atoms with Crippen LogP contribution in [0.1, 0.15) is 82.1 Å². The number of hydrogen-bond acceptors (Lipinski definition) is 6. The Bertz CT molecular complexity index is 1110. The Morgan fingerprint density at radius 1 is 1.16 bits per heavy atom. The number of likely N-dealkylation sites (tertiary alicyclic amines) is 1. The zero-order valence-electron chi connectivity index (χ0n) is 26.4. The molecule has 1 saturated carbocycles. The number of amides is 2. The third kappa shape index (κ3) is 12.5. The fraction of sp³-hybridized carbons (Fsp3) is 0.625. The van der Waals surface area contributed by atoms with Gasteiger partial charge in [0.25, 0.3) is 0 Å². The number of nitrogens with one attached hydrogen (secondary N) is 2. The number of aldehydes is 1. The van der Waals surface area contributed by atoms with Crippen molar-refractivity contribution in [3.05, 3.63) is 41.3 Å². The van der Waals surface area contributed by atoms with E-state index >= 15 is 0 Å². The second-order valence-corrected chi connectivity index (χ2v) is 11.7. The molecule has 2 atom stereocenters. The molecule has 2 aromatic rings. The summed E-state index contributed by atoms with van der Waals surface area (Å²) in [5.41, 5.74) is 7.14. The molecule has 1 aromatic carbocycles. The van der Waals surface area contributed by atoms with E-state index in [4.69, 9.17) is 5.73 Å². The monoisotopic (exact) mass is 768 g/mol. The zero-order valence-corrected chi connectivity index (χ0v) is 29.3. The first kappa shape index (κ1) is 38.5. The van der Waals surface area contributed by atoms with E-state index in [0.29, 0.717) is 31.6 Å². The fourth-order valence-corrected chi connectivity index (χ4v) is 5.77. The predicted octanol–water partition coefficient (Wildman–Crippen LogP) is 4.58. The number of esters is 1. The first-order chi connectivity index (χ1) is 20.1. The second-order valence-electron chi connectivity index (χ2n) is 11.7. The molecule has 11 heteroatoms. The SMILES string of the molecule is CC1CCCCC1.COC(=O)C(N)CC1CC2(CCN(C(C)=O)CC2)NC1=O.C[N-]C.O=Cc1cc2ccccc2[nH]1.[W]. The van der Waals surface area contributed by atoms with E-state index in [2.05, 4.69) is 27.3 Å². The van der Waals surface area contributed by atoms with E-state index in [1.54, 1.807) is 25.9 Å². The van der Waals surface area contributed by atoms with Crippen molar-refractivity contribution in [2.45, 2.75) is 83.2 Å². The number of benzene rings is 1. The summed E-state index contributed by atoms with van der Waals surface area (Å²) in [4.78, 5) is 50.0. The number of nitrogens with two attached hydrogens (primary N) is 1. The number of nitrogens with zero attached hydrogens (tertiary/aromatic N) is 2. The van der Waals surface area contributed by atoms with Gasteiger partial charge < -0.3 is 31.0 Å². The summed E-state index contributed by atoms with van der Waals surface area (Å²) in [5, 5.41) is 7.63. The molecule has 2 aliphatic heterocycles. The fourth-order valence-electron chi connectivity index (χ4n) is 5.77. The van der Waals surface area contributed by atoms with Crippen molar-refractivity contribution >= 4 is 35.0 Å². The van der Waals surface area contributed by atoms with Crippen LogP contribution in [0, 0.1) is 11.8 Å². The van der Waals surface area contributed by atoms with E-state index in [1.807, 2.05) is 30.3 Å². The van der Waals surface area contributed by atoms with Gasteiger partial charge in [-0.05, 0) is 43.7 Å². The van der Waals surface area contributed by atoms with Crippen LogP contribution in [-0.4, -0.2) is 79.8 Å². The van der Waals surface area contributed by atoms with Crippen LogP contribution in [0.3, 0.4) is 0 Å². The second kappa shape index (κ2) is 19.7. The number of fused-ring (bicyclic) bond motifs is 1. The average molecular weight is 769 g/mol. The Labute approximate surface area is 270 Å². The van der Waals surface area contributed by atoms with Crippen LogP contribution in [0.15, 0.2) is 30.3 Å². The number of para-hydroxylation sites is 1. The number of aromatic nitrogens is 1. The van der Waals surface area contributed by atoms with Crippen molar-refractivity contribution < 1.29 is 45.0 Å². The van der Waals surface area contributed by atoms with Crippen molar-refractivity contribution in [1.29, 1.82) is 0 Å². The number of hydrogen-bond donors (Lipinski definition) is 3. The van der Waals surface area contributed by atoms with Crippen LogP contribution in [0.2, 0.25) is 0 Å². The first-order valence-electron chi connectivity index (χ1n) is 15.0. The largest absolute Gasteiger partial charge is 0.668 e. The Morgan fingerprint density at radius 3 is 2.26 bits per heavy atom. The molecule has 3 aliphatic rings. The van der Waals surface area contributed by atoms with E-state index in [-0.39, 0.29) is 44.3 Å². The Morgan fingerprint density at radius 2 is 1.77 bits per heavy atom. The standard InChI is InChI=1S/C14H23N3O4.C9H7NO.C7H14.C2H6N.W/c1-9(18)17-5-3-14(4-6-17)8-10(12(19)16-14)7-11(15)13(20)21-2;11-6-8-5-7-3-1-2-4-9(7)10-8;1-7-5-3-2-4-6-7;1-3-2;/h10-11H,3-8,15H2,1-2H3,(H,16,19);1-6,10H;7H,2-6H2,1H3;1-2H3;/q;;;-1;. The maximum atomic E-state index is 12.1. The molecule has 240 valence electrons. The van der Waals surface area contributed by atoms with Gasteiger partial charge in [-0.25, -0.2) is 0 Å². The van der Waals surface area contributed by atoms with Gasteiger partial charge in [0.15, 0.2) is 6.29 Å². The van der Waals surface area contributed by atoms with Crippen molar-refractivity contribution in [2.75, 3.05) is 34.3 Å². The molecule has 1 spiro atoms. The third-order valence-corrected chi connectivity index (χ3v) is 8.18. The van der Waals surface area contributed by atoms with Gasteiger partial charge >= 0.3 is 5.97 Å². The minimum absolute atomic E-state index is 0. The molecular weight excluding hydrogens is 718 g/mol. The van der Waals surface area contributed by atoms with Crippen molar-refractivity contribution in [3.63, 3.8) is 0 Å². The topological polar surface area (TPSA) is 149 Å². The van der Waals surface area contributed by atoms with Crippen LogP contribution >= 0.6 is 0 Å². The molecule has 1 aromatic heterocycles. The summed E-state index contributed by atoms with van der Waals surface area (Å²) in [6.07, 6.45) is 10.7. The van der Waals surface area contributed by atoms with Gasteiger partial charge in [0, 0.05) is 63.4 Å². The Balaban J connectivity index is 0.000000348. The Kier molecular flexibility index (Phi) is 17.6. The first-order valence-corrected chi connectivity index (χ1v) is 15.0. The molecule has 1 aliphatic carbocycles. The molecule has 10 nitrogen and oxygen atoms in total. The van der Waals surface area contributed by atoms with E-state index in [0.717, 1.165) is 35.9 Å². The van der Waals surface area contributed by atoms with Crippen LogP contribution in [0.5, 0.6) is 0 Å². The molecule has 2 saturated heterocycles. The number of rotatable bonds is 4. The van der Waals surface area contributed by atoms with Gasteiger partial charge in [-0.3, -0.25) is 19.2 Å². The van der Waals surface area contributed by atoms with E-state index in [9.17, 15) is 19.2 Å². The van der Waals surface area contributed by atoms with Crippen LogP contribution < -0.4 is 11.1 Å². The van der Waals surface area contributed by atoms with Gasteiger partial charge in [0.1, 0.15) is 6.04 Å². The summed E-state index contributed by atoms with van der Waals surface area (Å²) < 4.78 is 4.60. The molecule has 4 N–H and O–H groups in total. The van der Waals surface area contributed by atoms with Gasteiger partial charge in [0.05, 0.1) is 12.8 Å². The number of H-pyrrole nitrogens is 1. The number of methoxy groups -OCH3 is 1. The third-order valence-electron chi connectivity index (χ3n) is 8.18. The maximum Gasteiger partial charge on any atom is 0.322 e. The van der Waals surface area contributed by atoms with Crippen LogP contribution in [-0.2, 0) is 40.2 Å². The normalized spacial score (nSPS) is 19.6.